The summed E-state index contributed by atoms with van der Waals surface area (Å²) >= 11 is 1.68. The zero-order chi connectivity index (χ0) is 16.2. The first-order chi connectivity index (χ1) is 11.2. The molecule has 0 unspecified atom stereocenters. The van der Waals surface area contributed by atoms with Crippen molar-refractivity contribution in [2.24, 2.45) is 0 Å². The quantitative estimate of drug-likeness (QED) is 0.867. The van der Waals surface area contributed by atoms with Gasteiger partial charge in [0, 0.05) is 38.1 Å². The van der Waals surface area contributed by atoms with Crippen LogP contribution in [0, 0.1) is 24.1 Å². The molecule has 0 atom stereocenters. The van der Waals surface area contributed by atoms with Gasteiger partial charge in [0.25, 0.3) is 0 Å². The van der Waals surface area contributed by atoms with Gasteiger partial charge in [-0.05, 0) is 31.5 Å². The fourth-order valence-corrected chi connectivity index (χ4v) is 3.56. The number of hydrogen-bond donors (Lipinski definition) is 0. The van der Waals surface area contributed by atoms with Crippen LogP contribution in [0.15, 0.2) is 23.6 Å². The second-order valence-electron chi connectivity index (χ2n) is 5.75. The lowest BCUT2D eigenvalue weighted by Gasteiger charge is -2.24. The molecule has 0 amide bonds. The zero-order valence-electron chi connectivity index (χ0n) is 13.1. The molecule has 0 aliphatic carbocycles. The van der Waals surface area contributed by atoms with Gasteiger partial charge < -0.3 is 4.90 Å². The van der Waals surface area contributed by atoms with Crippen LogP contribution in [0.3, 0.4) is 0 Å². The lowest BCUT2D eigenvalue weighted by Crippen LogP contribution is -2.31. The molecule has 120 valence electrons. The Morgan fingerprint density at radius 3 is 2.91 bits per heavy atom. The molecule has 1 aromatic heterocycles. The van der Waals surface area contributed by atoms with Gasteiger partial charge in [0.05, 0.1) is 22.0 Å². The zero-order valence-corrected chi connectivity index (χ0v) is 13.9. The highest BCUT2D eigenvalue weighted by atomic mass is 32.1. The van der Waals surface area contributed by atoms with Crippen molar-refractivity contribution in [2.45, 2.75) is 19.9 Å². The molecule has 1 aliphatic rings. The Morgan fingerprint density at radius 2 is 2.17 bits per heavy atom. The minimum Gasteiger partial charge on any atom is -0.369 e. The number of halogens is 1. The summed E-state index contributed by atoms with van der Waals surface area (Å²) in [4.78, 5) is 9.11. The van der Waals surface area contributed by atoms with Crippen LogP contribution in [-0.4, -0.2) is 36.1 Å². The van der Waals surface area contributed by atoms with E-state index in [1.807, 2.05) is 6.92 Å². The minimum absolute atomic E-state index is 0.361. The summed E-state index contributed by atoms with van der Waals surface area (Å²) in [6.07, 6.45) is 1.02. The van der Waals surface area contributed by atoms with E-state index in [1.165, 1.54) is 12.1 Å². The first-order valence-corrected chi connectivity index (χ1v) is 8.61. The lowest BCUT2D eigenvalue weighted by molar-refractivity contribution is 0.282. The van der Waals surface area contributed by atoms with Gasteiger partial charge in [0.1, 0.15) is 11.9 Å². The highest BCUT2D eigenvalue weighted by Crippen LogP contribution is 2.23. The van der Waals surface area contributed by atoms with Gasteiger partial charge in [-0.25, -0.2) is 9.37 Å². The SMILES string of the molecule is Cc1nc(CN2CCCN(c3ccc(F)cc3C#N)CC2)cs1. The van der Waals surface area contributed by atoms with Gasteiger partial charge in [-0.1, -0.05) is 0 Å². The predicted octanol–water partition coefficient (Wildman–Crippen LogP) is 3.17. The molecule has 0 N–H and O–H groups in total. The second kappa shape index (κ2) is 7.07. The van der Waals surface area contributed by atoms with Gasteiger partial charge in [-0.3, -0.25) is 4.90 Å². The maximum Gasteiger partial charge on any atom is 0.124 e. The normalized spacial score (nSPS) is 16.1. The van der Waals surface area contributed by atoms with Crippen LogP contribution in [0.25, 0.3) is 0 Å². The van der Waals surface area contributed by atoms with Crippen LogP contribution < -0.4 is 4.90 Å². The summed E-state index contributed by atoms with van der Waals surface area (Å²) in [6.45, 7) is 6.54. The van der Waals surface area contributed by atoms with Crippen molar-refractivity contribution >= 4 is 17.0 Å². The number of thiazole rings is 1. The van der Waals surface area contributed by atoms with E-state index in [1.54, 1.807) is 17.4 Å². The standard InChI is InChI=1S/C17H19FN4S/c1-13-20-16(12-23-13)11-21-5-2-6-22(8-7-21)17-4-3-15(18)9-14(17)10-19/h3-4,9,12H,2,5-8,11H2,1H3. The fraction of sp³-hybridized carbons (Fsp3) is 0.412. The van der Waals surface area contributed by atoms with Crippen molar-refractivity contribution < 1.29 is 4.39 Å². The number of rotatable bonds is 3. The Morgan fingerprint density at radius 1 is 1.30 bits per heavy atom. The summed E-state index contributed by atoms with van der Waals surface area (Å²) in [6, 6.07) is 6.56. The fourth-order valence-electron chi connectivity index (χ4n) is 2.95. The minimum atomic E-state index is -0.361. The number of anilines is 1. The van der Waals surface area contributed by atoms with Crippen LogP contribution in [0.2, 0.25) is 0 Å². The molecular formula is C17H19FN4S. The highest BCUT2D eigenvalue weighted by Gasteiger charge is 2.18. The smallest absolute Gasteiger partial charge is 0.124 e. The van der Waals surface area contributed by atoms with Crippen molar-refractivity contribution in [3.8, 4) is 6.07 Å². The Balaban J connectivity index is 1.68. The monoisotopic (exact) mass is 330 g/mol. The van der Waals surface area contributed by atoms with Gasteiger partial charge in [0.15, 0.2) is 0 Å². The van der Waals surface area contributed by atoms with Crippen LogP contribution in [-0.2, 0) is 6.54 Å². The molecule has 0 bridgehead atoms. The topological polar surface area (TPSA) is 43.2 Å². The van der Waals surface area contributed by atoms with Gasteiger partial charge in [0.2, 0.25) is 0 Å². The first-order valence-electron chi connectivity index (χ1n) is 7.73. The predicted molar refractivity (Wildman–Crippen MR) is 90.1 cm³/mol. The lowest BCUT2D eigenvalue weighted by atomic mass is 10.1. The Labute approximate surface area is 139 Å². The number of hydrogen-bond acceptors (Lipinski definition) is 5. The van der Waals surface area contributed by atoms with Crippen molar-refractivity contribution in [1.29, 1.82) is 5.26 Å². The summed E-state index contributed by atoms with van der Waals surface area (Å²) < 4.78 is 13.3. The van der Waals surface area contributed by atoms with Crippen LogP contribution in [0.5, 0.6) is 0 Å². The number of aryl methyl sites for hydroxylation is 1. The van der Waals surface area contributed by atoms with E-state index >= 15 is 0 Å². The third-order valence-electron chi connectivity index (χ3n) is 4.06. The third kappa shape index (κ3) is 3.87. The second-order valence-corrected chi connectivity index (χ2v) is 6.81. The molecule has 0 spiro atoms. The molecule has 3 rings (SSSR count). The molecule has 2 heterocycles. The van der Waals surface area contributed by atoms with Gasteiger partial charge in [-0.15, -0.1) is 11.3 Å². The summed E-state index contributed by atoms with van der Waals surface area (Å²) in [7, 11) is 0. The van der Waals surface area contributed by atoms with Crippen LogP contribution in [0.1, 0.15) is 22.7 Å². The van der Waals surface area contributed by atoms with E-state index < -0.39 is 0 Å². The average molecular weight is 330 g/mol. The van der Waals surface area contributed by atoms with Crippen LogP contribution >= 0.6 is 11.3 Å². The molecule has 1 aliphatic heterocycles. The summed E-state index contributed by atoms with van der Waals surface area (Å²) in [5.74, 6) is -0.361. The first kappa shape index (κ1) is 15.9. The Bertz CT molecular complexity index is 722. The van der Waals surface area contributed by atoms with Crippen LogP contribution in [0.4, 0.5) is 10.1 Å². The Hall–Kier alpha value is -1.97. The van der Waals surface area contributed by atoms with E-state index in [0.29, 0.717) is 5.56 Å². The number of nitriles is 1. The number of nitrogens with zero attached hydrogens (tertiary/aromatic N) is 4. The van der Waals surface area contributed by atoms with Crippen molar-refractivity contribution in [3.05, 3.63) is 45.7 Å². The third-order valence-corrected chi connectivity index (χ3v) is 4.88. The van der Waals surface area contributed by atoms with Crippen molar-refractivity contribution in [2.75, 3.05) is 31.1 Å². The average Bonchev–Trinajstić information content (AvgIpc) is 2.81. The van der Waals surface area contributed by atoms with E-state index in [2.05, 4.69) is 26.2 Å². The molecule has 2 aromatic rings. The molecule has 1 aromatic carbocycles. The summed E-state index contributed by atoms with van der Waals surface area (Å²) in [5, 5.41) is 12.4. The van der Waals surface area contributed by atoms with Crippen molar-refractivity contribution in [1.82, 2.24) is 9.88 Å². The molecule has 1 saturated heterocycles. The molecule has 6 heteroatoms. The van der Waals surface area contributed by atoms with Gasteiger partial charge >= 0.3 is 0 Å². The Kier molecular flexibility index (Phi) is 4.89. The van der Waals surface area contributed by atoms with E-state index in [9.17, 15) is 9.65 Å². The molecule has 0 saturated carbocycles. The molecule has 0 radical (unpaired) electrons. The van der Waals surface area contributed by atoms with E-state index in [4.69, 9.17) is 0 Å². The van der Waals surface area contributed by atoms with E-state index in [0.717, 1.165) is 55.5 Å². The maximum atomic E-state index is 13.3. The number of benzene rings is 1. The highest BCUT2D eigenvalue weighted by molar-refractivity contribution is 7.09. The summed E-state index contributed by atoms with van der Waals surface area (Å²) in [5.41, 5.74) is 2.37. The van der Waals surface area contributed by atoms with Crippen molar-refractivity contribution in [3.63, 3.8) is 0 Å². The molecular weight excluding hydrogens is 311 g/mol. The molecule has 1 fully saturated rings. The largest absolute Gasteiger partial charge is 0.369 e. The maximum absolute atomic E-state index is 13.3. The number of aromatic nitrogens is 1. The molecule has 4 nitrogen and oxygen atoms in total. The molecule has 23 heavy (non-hydrogen) atoms. The van der Waals surface area contributed by atoms with E-state index in [-0.39, 0.29) is 5.82 Å². The van der Waals surface area contributed by atoms with Gasteiger partial charge in [-0.2, -0.15) is 5.26 Å².